The predicted octanol–water partition coefficient (Wildman–Crippen LogP) is 4.52. The zero-order valence-corrected chi connectivity index (χ0v) is 11.3. The van der Waals surface area contributed by atoms with Crippen molar-refractivity contribution in [2.45, 2.75) is 12.8 Å². The van der Waals surface area contributed by atoms with E-state index in [9.17, 15) is 4.79 Å². The summed E-state index contributed by atoms with van der Waals surface area (Å²) in [5, 5.41) is 0. The second-order valence-corrected chi connectivity index (χ2v) is 5.05. The van der Waals surface area contributed by atoms with E-state index in [4.69, 9.17) is 0 Å². The summed E-state index contributed by atoms with van der Waals surface area (Å²) in [6.07, 6.45) is 5.35. The van der Waals surface area contributed by atoms with Crippen molar-refractivity contribution in [3.8, 4) is 0 Å². The van der Waals surface area contributed by atoms with Gasteiger partial charge in [-0.25, -0.2) is 0 Å². The van der Waals surface area contributed by atoms with Gasteiger partial charge in [0.1, 0.15) is 5.78 Å². The van der Waals surface area contributed by atoms with E-state index in [1.54, 1.807) is 0 Å². The highest BCUT2D eigenvalue weighted by Gasteiger charge is 2.21. The Morgan fingerprint density at radius 2 is 1.05 bits per heavy atom. The van der Waals surface area contributed by atoms with Gasteiger partial charge in [-0.3, -0.25) is 4.79 Å². The van der Waals surface area contributed by atoms with E-state index in [0.29, 0.717) is 18.6 Å². The molecule has 20 heavy (non-hydrogen) atoms. The first-order chi connectivity index (χ1) is 9.81. The molecule has 0 unspecified atom stereocenters. The molecule has 1 saturated carbocycles. The Kier molecular flexibility index (Phi) is 3.60. The molecule has 1 heteroatoms. The van der Waals surface area contributed by atoms with Crippen LogP contribution in [0.3, 0.4) is 0 Å². The van der Waals surface area contributed by atoms with Crippen LogP contribution in [-0.2, 0) is 4.79 Å². The molecule has 1 aliphatic rings. The van der Waals surface area contributed by atoms with Crippen LogP contribution in [0.4, 0.5) is 0 Å². The monoisotopic (exact) mass is 260 g/mol. The lowest BCUT2D eigenvalue weighted by Crippen LogP contribution is -1.83. The fourth-order valence-electron chi connectivity index (χ4n) is 2.50. The normalized spacial score (nSPS) is 18.9. The van der Waals surface area contributed by atoms with E-state index in [1.165, 1.54) is 0 Å². The second-order valence-electron chi connectivity index (χ2n) is 5.05. The molecule has 98 valence electrons. The summed E-state index contributed by atoms with van der Waals surface area (Å²) in [4.78, 5) is 11.8. The highest BCUT2D eigenvalue weighted by atomic mass is 16.1. The van der Waals surface area contributed by atoms with Crippen molar-refractivity contribution in [2.24, 2.45) is 0 Å². The van der Waals surface area contributed by atoms with Gasteiger partial charge in [0, 0.05) is 12.8 Å². The van der Waals surface area contributed by atoms with Crippen LogP contribution >= 0.6 is 0 Å². The largest absolute Gasteiger partial charge is 0.299 e. The van der Waals surface area contributed by atoms with Crippen LogP contribution in [0.5, 0.6) is 0 Å². The predicted molar refractivity (Wildman–Crippen MR) is 83.1 cm³/mol. The smallest absolute Gasteiger partial charge is 0.141 e. The topological polar surface area (TPSA) is 17.1 Å². The van der Waals surface area contributed by atoms with Gasteiger partial charge in [0.2, 0.25) is 0 Å². The van der Waals surface area contributed by atoms with Gasteiger partial charge >= 0.3 is 0 Å². The first-order valence-corrected chi connectivity index (χ1v) is 6.84. The lowest BCUT2D eigenvalue weighted by molar-refractivity contribution is -0.116. The van der Waals surface area contributed by atoms with Crippen molar-refractivity contribution in [1.82, 2.24) is 0 Å². The average Bonchev–Trinajstić information content (AvgIpc) is 2.81. The number of benzene rings is 2. The fourth-order valence-corrected chi connectivity index (χ4v) is 2.50. The van der Waals surface area contributed by atoms with Crippen molar-refractivity contribution >= 4 is 17.9 Å². The molecule has 0 heterocycles. The minimum absolute atomic E-state index is 0.300. The lowest BCUT2D eigenvalue weighted by atomic mass is 10.0. The molecular formula is C19H16O. The maximum Gasteiger partial charge on any atom is 0.141 e. The summed E-state index contributed by atoms with van der Waals surface area (Å²) < 4.78 is 0. The summed E-state index contributed by atoms with van der Waals surface area (Å²) in [5.41, 5.74) is 4.59. The van der Waals surface area contributed by atoms with E-state index >= 15 is 0 Å². The van der Waals surface area contributed by atoms with Crippen LogP contribution in [0.1, 0.15) is 24.0 Å². The molecule has 0 amide bonds. The van der Waals surface area contributed by atoms with Gasteiger partial charge in [-0.05, 0) is 22.3 Å². The minimum atomic E-state index is 0.300. The molecule has 2 aromatic rings. The van der Waals surface area contributed by atoms with Crippen LogP contribution in [0.2, 0.25) is 0 Å². The third-order valence-electron chi connectivity index (χ3n) is 3.47. The van der Waals surface area contributed by atoms with E-state index in [0.717, 1.165) is 22.3 Å². The number of carbonyl (C=O) groups excluding carboxylic acids is 1. The highest BCUT2D eigenvalue weighted by Crippen LogP contribution is 2.31. The number of hydrogen-bond acceptors (Lipinski definition) is 1. The van der Waals surface area contributed by atoms with Crippen molar-refractivity contribution in [2.75, 3.05) is 0 Å². The first-order valence-electron chi connectivity index (χ1n) is 6.84. The molecule has 0 radical (unpaired) electrons. The van der Waals surface area contributed by atoms with Crippen molar-refractivity contribution in [3.05, 3.63) is 82.9 Å². The SMILES string of the molecule is O=C1CC(=C/c2ccccc2)/C(=C\c2ccccc2)C1. The third-order valence-corrected chi connectivity index (χ3v) is 3.47. The molecular weight excluding hydrogens is 244 g/mol. The Labute approximate surface area is 119 Å². The summed E-state index contributed by atoms with van der Waals surface area (Å²) in [7, 11) is 0. The molecule has 1 nitrogen and oxygen atoms in total. The van der Waals surface area contributed by atoms with Crippen LogP contribution in [0, 0.1) is 0 Å². The highest BCUT2D eigenvalue weighted by molar-refractivity contribution is 5.94. The van der Waals surface area contributed by atoms with E-state index in [-0.39, 0.29) is 0 Å². The van der Waals surface area contributed by atoms with Gasteiger partial charge in [0.05, 0.1) is 0 Å². The quantitative estimate of drug-likeness (QED) is 0.776. The van der Waals surface area contributed by atoms with Gasteiger partial charge in [0.15, 0.2) is 0 Å². The zero-order chi connectivity index (χ0) is 13.8. The van der Waals surface area contributed by atoms with Crippen LogP contribution in [0.25, 0.3) is 12.2 Å². The van der Waals surface area contributed by atoms with Crippen LogP contribution in [-0.4, -0.2) is 5.78 Å². The van der Waals surface area contributed by atoms with Gasteiger partial charge in [-0.2, -0.15) is 0 Å². The number of ketones is 1. The Hall–Kier alpha value is -2.41. The standard InChI is InChI=1S/C19H16O/c20-19-13-17(11-15-7-3-1-4-8-15)18(14-19)12-16-9-5-2-6-10-16/h1-12H,13-14H2/b17-11-,18-12-. The molecule has 0 saturated heterocycles. The fraction of sp³-hybridized carbons (Fsp3) is 0.105. The maximum absolute atomic E-state index is 11.8. The van der Waals surface area contributed by atoms with Crippen molar-refractivity contribution < 1.29 is 4.79 Å². The van der Waals surface area contributed by atoms with Crippen LogP contribution < -0.4 is 0 Å². The Balaban J connectivity index is 1.95. The summed E-state index contributed by atoms with van der Waals surface area (Å²) in [5.74, 6) is 0.300. The molecule has 2 aromatic carbocycles. The van der Waals surface area contributed by atoms with Gasteiger partial charge < -0.3 is 0 Å². The zero-order valence-electron chi connectivity index (χ0n) is 11.3. The molecule has 0 bridgehead atoms. The second kappa shape index (κ2) is 5.70. The molecule has 1 aliphatic carbocycles. The Bertz CT molecular complexity index is 604. The van der Waals surface area contributed by atoms with Gasteiger partial charge in [-0.15, -0.1) is 0 Å². The molecule has 0 spiro atoms. The molecule has 0 N–H and O–H groups in total. The molecule has 0 atom stereocenters. The van der Waals surface area contributed by atoms with Crippen molar-refractivity contribution in [3.63, 3.8) is 0 Å². The first kappa shape index (κ1) is 12.6. The number of allylic oxidation sites excluding steroid dienone is 2. The van der Waals surface area contributed by atoms with E-state index < -0.39 is 0 Å². The number of hydrogen-bond donors (Lipinski definition) is 0. The van der Waals surface area contributed by atoms with E-state index in [1.807, 2.05) is 36.4 Å². The van der Waals surface area contributed by atoms with Gasteiger partial charge in [0.25, 0.3) is 0 Å². The summed E-state index contributed by atoms with van der Waals surface area (Å²) in [6.45, 7) is 0. The van der Waals surface area contributed by atoms with E-state index in [2.05, 4.69) is 36.4 Å². The maximum atomic E-state index is 11.8. The summed E-state index contributed by atoms with van der Waals surface area (Å²) in [6, 6.07) is 20.3. The average molecular weight is 260 g/mol. The minimum Gasteiger partial charge on any atom is -0.299 e. The Morgan fingerprint density at radius 1 is 0.650 bits per heavy atom. The lowest BCUT2D eigenvalue weighted by Gasteiger charge is -2.01. The van der Waals surface area contributed by atoms with Crippen LogP contribution in [0.15, 0.2) is 71.8 Å². The van der Waals surface area contributed by atoms with Gasteiger partial charge in [-0.1, -0.05) is 72.8 Å². The van der Waals surface area contributed by atoms with Crippen molar-refractivity contribution in [1.29, 1.82) is 0 Å². The number of rotatable bonds is 2. The third kappa shape index (κ3) is 2.94. The summed E-state index contributed by atoms with van der Waals surface area (Å²) >= 11 is 0. The molecule has 0 aromatic heterocycles. The number of Topliss-reactive ketones (excluding diaryl/α,β-unsaturated/α-hetero) is 1. The molecule has 0 aliphatic heterocycles. The molecule has 1 fully saturated rings. The molecule has 3 rings (SSSR count). The number of carbonyl (C=O) groups is 1. The Morgan fingerprint density at radius 3 is 1.45 bits per heavy atom.